The molecule has 1 aliphatic rings. The summed E-state index contributed by atoms with van der Waals surface area (Å²) < 4.78 is 5.71. The molecule has 1 N–H and O–H groups in total. The van der Waals surface area contributed by atoms with E-state index < -0.39 is 0 Å². The molecule has 1 fully saturated rings. The Kier molecular flexibility index (Phi) is 6.60. The van der Waals surface area contributed by atoms with Crippen LogP contribution in [-0.4, -0.2) is 50.0 Å². The van der Waals surface area contributed by atoms with Crippen LogP contribution in [0.3, 0.4) is 0 Å². The molecule has 0 aliphatic carbocycles. The lowest BCUT2D eigenvalue weighted by molar-refractivity contribution is 0.0886. The number of aryl methyl sites for hydroxylation is 2. The fourth-order valence-electron chi connectivity index (χ4n) is 3.23. The predicted molar refractivity (Wildman–Crippen MR) is 94.5 cm³/mol. The van der Waals surface area contributed by atoms with Crippen molar-refractivity contribution in [1.29, 1.82) is 0 Å². The number of nitrogens with one attached hydrogen (secondary N) is 1. The monoisotopic (exact) mass is 318 g/mol. The zero-order chi connectivity index (χ0) is 16.8. The van der Waals surface area contributed by atoms with E-state index in [9.17, 15) is 4.79 Å². The normalized spacial score (nSPS) is 17.0. The van der Waals surface area contributed by atoms with Gasteiger partial charge in [-0.2, -0.15) is 0 Å². The minimum atomic E-state index is 0.0212. The quantitative estimate of drug-likeness (QED) is 0.785. The maximum absolute atomic E-state index is 12.9. The number of hydrogen-bond acceptors (Lipinski definition) is 4. The summed E-state index contributed by atoms with van der Waals surface area (Å²) in [4.78, 5) is 15.3. The number of piperazine rings is 1. The first-order chi connectivity index (χ1) is 11.0. The topological polar surface area (TPSA) is 41.6 Å². The number of benzene rings is 1. The molecule has 1 atom stereocenters. The Hall–Kier alpha value is -1.39. The van der Waals surface area contributed by atoms with Crippen molar-refractivity contribution in [3.8, 4) is 5.75 Å². The number of ketones is 1. The first kappa shape index (κ1) is 18.0. The van der Waals surface area contributed by atoms with Crippen molar-refractivity contribution >= 4 is 5.78 Å². The van der Waals surface area contributed by atoms with Crippen LogP contribution in [0.4, 0.5) is 0 Å². The van der Waals surface area contributed by atoms with Gasteiger partial charge in [0.05, 0.1) is 6.61 Å². The number of Topliss-reactive ketones (excluding diaryl/α,β-unsaturated/α-hetero) is 1. The minimum Gasteiger partial charge on any atom is -0.494 e. The highest BCUT2D eigenvalue weighted by atomic mass is 16.5. The van der Waals surface area contributed by atoms with Gasteiger partial charge in [-0.1, -0.05) is 13.8 Å². The number of carbonyl (C=O) groups excluding carboxylic acids is 1. The Labute approximate surface area is 140 Å². The van der Waals surface area contributed by atoms with Gasteiger partial charge < -0.3 is 15.0 Å². The van der Waals surface area contributed by atoms with E-state index in [1.165, 1.54) is 0 Å². The predicted octanol–water partition coefficient (Wildman–Crippen LogP) is 2.82. The van der Waals surface area contributed by atoms with Crippen LogP contribution >= 0.6 is 0 Å². The summed E-state index contributed by atoms with van der Waals surface area (Å²) in [5.41, 5.74) is 2.91. The van der Waals surface area contributed by atoms with Crippen molar-refractivity contribution in [1.82, 2.24) is 10.2 Å². The van der Waals surface area contributed by atoms with E-state index in [-0.39, 0.29) is 11.7 Å². The molecule has 128 valence electrons. The van der Waals surface area contributed by atoms with Crippen LogP contribution in [0.25, 0.3) is 0 Å². The smallest absolute Gasteiger partial charge is 0.167 e. The van der Waals surface area contributed by atoms with Gasteiger partial charge in [0.2, 0.25) is 0 Å². The van der Waals surface area contributed by atoms with Crippen LogP contribution in [0, 0.1) is 19.8 Å². The Morgan fingerprint density at radius 2 is 1.87 bits per heavy atom. The van der Waals surface area contributed by atoms with Crippen LogP contribution in [0.5, 0.6) is 5.75 Å². The van der Waals surface area contributed by atoms with Gasteiger partial charge in [0.1, 0.15) is 5.75 Å². The molecule has 4 nitrogen and oxygen atoms in total. The Balaban J connectivity index is 2.08. The lowest BCUT2D eigenvalue weighted by Gasteiger charge is -2.29. The van der Waals surface area contributed by atoms with Gasteiger partial charge in [0.15, 0.2) is 5.78 Å². The standard InChI is InChI=1S/C19H30N2O2/c1-5-10-23-17-11-14(2)18(15(3)12-17)19(22)16(4)13-21-8-6-20-7-9-21/h11-12,16,20H,5-10,13H2,1-4H3. The number of hydrogen-bond donors (Lipinski definition) is 1. The molecule has 1 unspecified atom stereocenters. The summed E-state index contributed by atoms with van der Waals surface area (Å²) in [7, 11) is 0. The van der Waals surface area contributed by atoms with E-state index in [0.29, 0.717) is 6.61 Å². The Morgan fingerprint density at radius 3 is 2.43 bits per heavy atom. The van der Waals surface area contributed by atoms with Crippen LogP contribution in [0.2, 0.25) is 0 Å². The third-order valence-electron chi connectivity index (χ3n) is 4.41. The van der Waals surface area contributed by atoms with E-state index in [0.717, 1.165) is 61.6 Å². The average molecular weight is 318 g/mol. The van der Waals surface area contributed by atoms with E-state index in [4.69, 9.17) is 4.74 Å². The zero-order valence-electron chi connectivity index (χ0n) is 14.9. The molecule has 23 heavy (non-hydrogen) atoms. The molecule has 0 spiro atoms. The summed E-state index contributed by atoms with van der Waals surface area (Å²) >= 11 is 0. The highest BCUT2D eigenvalue weighted by molar-refractivity contribution is 6.00. The molecule has 1 aromatic rings. The summed E-state index contributed by atoms with van der Waals surface area (Å²) in [5, 5.41) is 3.35. The fraction of sp³-hybridized carbons (Fsp3) is 0.632. The second kappa shape index (κ2) is 8.46. The molecule has 0 radical (unpaired) electrons. The van der Waals surface area contributed by atoms with Crippen LogP contribution in [0.1, 0.15) is 41.8 Å². The molecule has 1 aliphatic heterocycles. The van der Waals surface area contributed by atoms with Gasteiger partial charge in [0, 0.05) is 44.2 Å². The van der Waals surface area contributed by atoms with Crippen molar-refractivity contribution in [2.45, 2.75) is 34.1 Å². The van der Waals surface area contributed by atoms with Crippen molar-refractivity contribution in [3.05, 3.63) is 28.8 Å². The number of rotatable bonds is 7. The minimum absolute atomic E-state index is 0.0212. The molecule has 2 rings (SSSR count). The average Bonchev–Trinajstić information content (AvgIpc) is 2.53. The van der Waals surface area contributed by atoms with E-state index in [1.54, 1.807) is 0 Å². The lowest BCUT2D eigenvalue weighted by atomic mass is 9.91. The molecular formula is C19H30N2O2. The molecule has 0 saturated carbocycles. The highest BCUT2D eigenvalue weighted by Crippen LogP contribution is 2.25. The Morgan fingerprint density at radius 1 is 1.26 bits per heavy atom. The van der Waals surface area contributed by atoms with Gasteiger partial charge in [0.25, 0.3) is 0 Å². The SMILES string of the molecule is CCCOc1cc(C)c(C(=O)C(C)CN2CCNCC2)c(C)c1. The zero-order valence-corrected chi connectivity index (χ0v) is 14.9. The van der Waals surface area contributed by atoms with Crippen LogP contribution < -0.4 is 10.1 Å². The van der Waals surface area contributed by atoms with Crippen molar-refractivity contribution < 1.29 is 9.53 Å². The van der Waals surface area contributed by atoms with Crippen molar-refractivity contribution in [3.63, 3.8) is 0 Å². The molecule has 1 saturated heterocycles. The molecule has 1 heterocycles. The first-order valence-corrected chi connectivity index (χ1v) is 8.74. The second-order valence-electron chi connectivity index (χ2n) is 6.60. The summed E-state index contributed by atoms with van der Waals surface area (Å²) in [6, 6.07) is 3.99. The van der Waals surface area contributed by atoms with E-state index >= 15 is 0 Å². The van der Waals surface area contributed by atoms with Gasteiger partial charge in [-0.3, -0.25) is 4.79 Å². The lowest BCUT2D eigenvalue weighted by Crippen LogP contribution is -2.45. The van der Waals surface area contributed by atoms with E-state index in [1.807, 2.05) is 32.9 Å². The van der Waals surface area contributed by atoms with Gasteiger partial charge in [-0.25, -0.2) is 0 Å². The summed E-state index contributed by atoms with van der Waals surface area (Å²) in [6.07, 6.45) is 0.987. The molecule has 0 aromatic heterocycles. The maximum atomic E-state index is 12.9. The molecule has 0 bridgehead atoms. The maximum Gasteiger partial charge on any atom is 0.167 e. The van der Waals surface area contributed by atoms with E-state index in [2.05, 4.69) is 17.1 Å². The third-order valence-corrected chi connectivity index (χ3v) is 4.41. The number of ether oxygens (including phenoxy) is 1. The first-order valence-electron chi connectivity index (χ1n) is 8.74. The molecular weight excluding hydrogens is 288 g/mol. The number of nitrogens with zero attached hydrogens (tertiary/aromatic N) is 1. The summed E-state index contributed by atoms with van der Waals surface area (Å²) in [5.74, 6) is 1.14. The molecule has 4 heteroatoms. The van der Waals surface area contributed by atoms with Gasteiger partial charge in [-0.05, 0) is 43.5 Å². The van der Waals surface area contributed by atoms with Crippen LogP contribution in [0.15, 0.2) is 12.1 Å². The third kappa shape index (κ3) is 4.79. The van der Waals surface area contributed by atoms with Crippen molar-refractivity contribution in [2.24, 2.45) is 5.92 Å². The molecule has 0 amide bonds. The molecule has 1 aromatic carbocycles. The van der Waals surface area contributed by atoms with Gasteiger partial charge in [-0.15, -0.1) is 0 Å². The Bertz CT molecular complexity index is 513. The second-order valence-corrected chi connectivity index (χ2v) is 6.60. The number of carbonyl (C=O) groups is 1. The van der Waals surface area contributed by atoms with Gasteiger partial charge >= 0.3 is 0 Å². The summed E-state index contributed by atoms with van der Waals surface area (Å²) in [6.45, 7) is 13.8. The largest absolute Gasteiger partial charge is 0.494 e. The highest BCUT2D eigenvalue weighted by Gasteiger charge is 2.22. The fourth-order valence-corrected chi connectivity index (χ4v) is 3.23. The van der Waals surface area contributed by atoms with Crippen molar-refractivity contribution in [2.75, 3.05) is 39.3 Å². The van der Waals surface area contributed by atoms with Crippen LogP contribution in [-0.2, 0) is 0 Å².